The molecule has 1 aliphatic heterocycles. The zero-order valence-electron chi connectivity index (χ0n) is 18.6. The van der Waals surface area contributed by atoms with Gasteiger partial charge in [0.15, 0.2) is 0 Å². The van der Waals surface area contributed by atoms with Crippen LogP contribution in [0.2, 0.25) is 0 Å². The summed E-state index contributed by atoms with van der Waals surface area (Å²) in [4.78, 5) is 25.1. The summed E-state index contributed by atoms with van der Waals surface area (Å²) in [5, 5.41) is 6.05. The summed E-state index contributed by atoms with van der Waals surface area (Å²) in [5.74, 6) is 0.933. The fraction of sp³-hybridized carbons (Fsp3) is 0.192. The summed E-state index contributed by atoms with van der Waals surface area (Å²) < 4.78 is 16.3. The number of hydrazone groups is 1. The van der Waals surface area contributed by atoms with Gasteiger partial charge in [0.25, 0.3) is 0 Å². The first-order chi connectivity index (χ1) is 16.0. The molecule has 7 heteroatoms. The standard InChI is InChI=1S/C26H24N2O5/c1-17(29)28-24(18-9-11-20(31-2)12-10-18)16-23(27-28)22-14-13-21(32-3)15-25(22)33-26(30)19-7-5-4-6-8-19/h4-15,24H,16H2,1-3H3. The number of ether oxygens (including phenoxy) is 3. The fourth-order valence-electron chi connectivity index (χ4n) is 3.73. The van der Waals surface area contributed by atoms with Crippen molar-refractivity contribution in [3.8, 4) is 17.2 Å². The SMILES string of the molecule is COc1ccc(C2CC(c3ccc(OC)cc3OC(=O)c3ccccc3)=NN2C(C)=O)cc1. The lowest BCUT2D eigenvalue weighted by molar-refractivity contribution is -0.130. The molecule has 1 aliphatic rings. The van der Waals surface area contributed by atoms with E-state index in [9.17, 15) is 9.59 Å². The molecule has 1 unspecified atom stereocenters. The van der Waals surface area contributed by atoms with Crippen LogP contribution in [-0.2, 0) is 4.79 Å². The van der Waals surface area contributed by atoms with Crippen LogP contribution in [0.5, 0.6) is 17.2 Å². The monoisotopic (exact) mass is 444 g/mol. The molecule has 168 valence electrons. The van der Waals surface area contributed by atoms with Crippen molar-refractivity contribution in [3.05, 3.63) is 89.5 Å². The van der Waals surface area contributed by atoms with E-state index >= 15 is 0 Å². The summed E-state index contributed by atoms with van der Waals surface area (Å²) in [6, 6.07) is 21.2. The fourth-order valence-corrected chi connectivity index (χ4v) is 3.73. The minimum Gasteiger partial charge on any atom is -0.497 e. The van der Waals surface area contributed by atoms with Crippen molar-refractivity contribution in [2.24, 2.45) is 5.10 Å². The van der Waals surface area contributed by atoms with E-state index in [1.54, 1.807) is 56.7 Å². The van der Waals surface area contributed by atoms with Crippen LogP contribution in [0.4, 0.5) is 0 Å². The molecule has 3 aromatic rings. The lowest BCUT2D eigenvalue weighted by Gasteiger charge is -2.20. The largest absolute Gasteiger partial charge is 0.497 e. The zero-order chi connectivity index (χ0) is 23.4. The van der Waals surface area contributed by atoms with Crippen molar-refractivity contribution in [1.29, 1.82) is 0 Å². The third-order valence-corrected chi connectivity index (χ3v) is 5.45. The summed E-state index contributed by atoms with van der Waals surface area (Å²) in [6.45, 7) is 1.48. The van der Waals surface area contributed by atoms with Gasteiger partial charge >= 0.3 is 5.97 Å². The second kappa shape index (κ2) is 9.56. The molecule has 1 heterocycles. The van der Waals surface area contributed by atoms with Gasteiger partial charge in [0.1, 0.15) is 17.2 Å². The van der Waals surface area contributed by atoms with Crippen LogP contribution >= 0.6 is 0 Å². The Labute approximate surface area is 192 Å². The van der Waals surface area contributed by atoms with E-state index in [0.29, 0.717) is 34.8 Å². The second-order valence-electron chi connectivity index (χ2n) is 7.52. The van der Waals surface area contributed by atoms with Crippen LogP contribution < -0.4 is 14.2 Å². The van der Waals surface area contributed by atoms with E-state index in [0.717, 1.165) is 11.3 Å². The highest BCUT2D eigenvalue weighted by Crippen LogP contribution is 2.37. The van der Waals surface area contributed by atoms with Gasteiger partial charge in [-0.25, -0.2) is 9.80 Å². The molecule has 0 aromatic heterocycles. The van der Waals surface area contributed by atoms with Crippen molar-refractivity contribution < 1.29 is 23.8 Å². The number of carbonyl (C=O) groups is 2. The van der Waals surface area contributed by atoms with E-state index < -0.39 is 5.97 Å². The topological polar surface area (TPSA) is 77.4 Å². The Morgan fingerprint density at radius 1 is 0.909 bits per heavy atom. The summed E-state index contributed by atoms with van der Waals surface area (Å²) in [6.07, 6.45) is 0.466. The second-order valence-corrected chi connectivity index (χ2v) is 7.52. The molecular weight excluding hydrogens is 420 g/mol. The van der Waals surface area contributed by atoms with E-state index in [1.165, 1.54) is 11.9 Å². The maximum atomic E-state index is 12.7. The lowest BCUT2D eigenvalue weighted by atomic mass is 9.97. The Hall–Kier alpha value is -4.13. The molecule has 0 saturated carbocycles. The summed E-state index contributed by atoms with van der Waals surface area (Å²) in [5.41, 5.74) is 2.63. The molecule has 1 amide bonds. The number of hydrogen-bond acceptors (Lipinski definition) is 6. The van der Waals surface area contributed by atoms with Crippen LogP contribution in [0.1, 0.15) is 40.9 Å². The van der Waals surface area contributed by atoms with Crippen LogP contribution in [0.25, 0.3) is 0 Å². The molecule has 7 nitrogen and oxygen atoms in total. The average Bonchev–Trinajstić information content (AvgIpc) is 3.30. The van der Waals surface area contributed by atoms with Gasteiger partial charge in [-0.15, -0.1) is 0 Å². The van der Waals surface area contributed by atoms with Gasteiger partial charge in [0, 0.05) is 25.0 Å². The molecule has 33 heavy (non-hydrogen) atoms. The van der Waals surface area contributed by atoms with E-state index in [-0.39, 0.29) is 11.9 Å². The van der Waals surface area contributed by atoms with Crippen LogP contribution in [0, 0.1) is 0 Å². The quantitative estimate of drug-likeness (QED) is 0.410. The molecule has 3 aromatic carbocycles. The molecule has 0 bridgehead atoms. The molecule has 0 spiro atoms. The van der Waals surface area contributed by atoms with Crippen LogP contribution in [0.15, 0.2) is 77.9 Å². The van der Waals surface area contributed by atoms with E-state index in [1.807, 2.05) is 30.3 Å². The maximum Gasteiger partial charge on any atom is 0.343 e. The Morgan fingerprint density at radius 2 is 1.58 bits per heavy atom. The number of benzene rings is 3. The number of nitrogens with zero attached hydrogens (tertiary/aromatic N) is 2. The van der Waals surface area contributed by atoms with Crippen molar-refractivity contribution in [3.63, 3.8) is 0 Å². The number of esters is 1. The molecule has 0 N–H and O–H groups in total. The first kappa shape index (κ1) is 22.1. The minimum atomic E-state index is -0.487. The molecule has 1 atom stereocenters. The Bertz CT molecular complexity index is 1190. The van der Waals surface area contributed by atoms with Gasteiger partial charge in [-0.05, 0) is 42.0 Å². The Kier molecular flexibility index (Phi) is 6.40. The molecule has 0 radical (unpaired) electrons. The Balaban J connectivity index is 1.67. The number of hydrogen-bond donors (Lipinski definition) is 0. The van der Waals surface area contributed by atoms with Gasteiger partial charge in [-0.2, -0.15) is 5.10 Å². The molecule has 0 saturated heterocycles. The van der Waals surface area contributed by atoms with Gasteiger partial charge in [-0.3, -0.25) is 4.79 Å². The smallest absolute Gasteiger partial charge is 0.343 e. The van der Waals surface area contributed by atoms with Gasteiger partial charge in [0.05, 0.1) is 31.5 Å². The molecule has 0 fully saturated rings. The van der Waals surface area contributed by atoms with Crippen LogP contribution in [0.3, 0.4) is 0 Å². The average molecular weight is 444 g/mol. The highest BCUT2D eigenvalue weighted by atomic mass is 16.5. The first-order valence-corrected chi connectivity index (χ1v) is 10.5. The van der Waals surface area contributed by atoms with Gasteiger partial charge < -0.3 is 14.2 Å². The van der Waals surface area contributed by atoms with E-state index in [4.69, 9.17) is 14.2 Å². The Morgan fingerprint density at radius 3 is 2.21 bits per heavy atom. The molecule has 4 rings (SSSR count). The highest BCUT2D eigenvalue weighted by Gasteiger charge is 2.33. The zero-order valence-corrected chi connectivity index (χ0v) is 18.6. The van der Waals surface area contributed by atoms with Gasteiger partial charge in [0.2, 0.25) is 5.91 Å². The predicted molar refractivity (Wildman–Crippen MR) is 124 cm³/mol. The minimum absolute atomic E-state index is 0.179. The normalized spacial score (nSPS) is 15.1. The van der Waals surface area contributed by atoms with Gasteiger partial charge in [-0.1, -0.05) is 30.3 Å². The first-order valence-electron chi connectivity index (χ1n) is 10.5. The molecular formula is C26H24N2O5. The summed E-state index contributed by atoms with van der Waals surface area (Å²) in [7, 11) is 3.15. The van der Waals surface area contributed by atoms with Crippen molar-refractivity contribution >= 4 is 17.6 Å². The third kappa shape index (κ3) is 4.72. The third-order valence-electron chi connectivity index (χ3n) is 5.45. The lowest BCUT2D eigenvalue weighted by Crippen LogP contribution is -2.24. The number of carbonyl (C=O) groups excluding carboxylic acids is 2. The number of rotatable bonds is 6. The van der Waals surface area contributed by atoms with Crippen molar-refractivity contribution in [1.82, 2.24) is 5.01 Å². The molecule has 0 aliphatic carbocycles. The van der Waals surface area contributed by atoms with Crippen LogP contribution in [-0.4, -0.2) is 36.8 Å². The van der Waals surface area contributed by atoms with Crippen molar-refractivity contribution in [2.45, 2.75) is 19.4 Å². The van der Waals surface area contributed by atoms with E-state index in [2.05, 4.69) is 5.10 Å². The highest BCUT2D eigenvalue weighted by molar-refractivity contribution is 6.06. The maximum absolute atomic E-state index is 12.7. The van der Waals surface area contributed by atoms with Crippen molar-refractivity contribution in [2.75, 3.05) is 14.2 Å². The number of amides is 1. The summed E-state index contributed by atoms with van der Waals surface area (Å²) >= 11 is 0. The predicted octanol–water partition coefficient (Wildman–Crippen LogP) is 4.62. The number of methoxy groups -OCH3 is 2.